The van der Waals surface area contributed by atoms with Gasteiger partial charge < -0.3 is 25.1 Å². The van der Waals surface area contributed by atoms with Crippen LogP contribution in [0.1, 0.15) is 55.0 Å². The number of rotatable bonds is 6. The summed E-state index contributed by atoms with van der Waals surface area (Å²) in [7, 11) is 1.74. The summed E-state index contributed by atoms with van der Waals surface area (Å²) >= 11 is 0. The minimum atomic E-state index is -1.41. The molecular formula is C32H35N5O4. The molecule has 9 heteroatoms. The topological polar surface area (TPSA) is 119 Å². The molecule has 6 rings (SSSR count). The average Bonchev–Trinajstić information content (AvgIpc) is 3.67. The molecule has 2 aromatic carbocycles. The summed E-state index contributed by atoms with van der Waals surface area (Å²) in [4.78, 5) is 34.2. The summed E-state index contributed by atoms with van der Waals surface area (Å²) in [5, 5.41) is 19.4. The molecule has 1 fully saturated rings. The lowest BCUT2D eigenvalue weighted by Gasteiger charge is -2.40. The summed E-state index contributed by atoms with van der Waals surface area (Å²) in [6, 6.07) is 18.2. The number of benzodiazepines with no additional fused rings is 1. The first-order chi connectivity index (χ1) is 20.0. The molecule has 3 amide bonds. The Morgan fingerprint density at radius 3 is 2.73 bits per heavy atom. The summed E-state index contributed by atoms with van der Waals surface area (Å²) in [6.45, 7) is 0.451. The number of aliphatic hydroxyl groups excluding tert-OH is 1. The largest absolute Gasteiger partial charge is 0.467 e. The van der Waals surface area contributed by atoms with Crippen LogP contribution in [0.4, 0.5) is 16.2 Å². The van der Waals surface area contributed by atoms with Crippen LogP contribution in [0.15, 0.2) is 81.9 Å². The summed E-state index contributed by atoms with van der Waals surface area (Å²) in [6.07, 6.45) is 8.05. The molecular weight excluding hydrogens is 518 g/mol. The van der Waals surface area contributed by atoms with E-state index in [1.807, 2.05) is 54.6 Å². The molecule has 3 aliphatic rings. The van der Waals surface area contributed by atoms with Gasteiger partial charge in [0, 0.05) is 37.0 Å². The smallest absolute Gasteiger partial charge is 0.321 e. The van der Waals surface area contributed by atoms with E-state index in [1.165, 1.54) is 0 Å². The highest BCUT2D eigenvalue weighted by Crippen LogP contribution is 2.39. The first-order valence-electron chi connectivity index (χ1n) is 14.2. The zero-order chi connectivity index (χ0) is 28.4. The Morgan fingerprint density at radius 2 is 1.95 bits per heavy atom. The average molecular weight is 554 g/mol. The number of carbonyl (C=O) groups is 2. The highest BCUT2D eigenvalue weighted by molar-refractivity contribution is 6.09. The quantitative estimate of drug-likeness (QED) is 0.348. The maximum atomic E-state index is 14.1. The van der Waals surface area contributed by atoms with Crippen LogP contribution in [-0.2, 0) is 4.79 Å². The third-order valence-electron chi connectivity index (χ3n) is 8.48. The predicted octanol–water partition coefficient (Wildman–Crippen LogP) is 4.86. The molecule has 9 nitrogen and oxygen atoms in total. The molecule has 1 saturated carbocycles. The molecule has 0 spiro atoms. The molecule has 2 unspecified atom stereocenters. The van der Waals surface area contributed by atoms with E-state index in [1.54, 1.807) is 30.5 Å². The highest BCUT2D eigenvalue weighted by atomic mass is 16.3. The second-order valence-corrected chi connectivity index (χ2v) is 10.9. The molecule has 1 aromatic heterocycles. The van der Waals surface area contributed by atoms with Crippen molar-refractivity contribution in [2.75, 3.05) is 30.4 Å². The molecule has 4 N–H and O–H groups in total. The highest BCUT2D eigenvalue weighted by Gasteiger charge is 2.49. The molecule has 0 saturated heterocycles. The van der Waals surface area contributed by atoms with Crippen molar-refractivity contribution in [3.05, 3.63) is 89.4 Å². The molecule has 3 heterocycles. The Balaban J connectivity index is 1.29. The zero-order valence-electron chi connectivity index (χ0n) is 23.1. The van der Waals surface area contributed by atoms with E-state index < -0.39 is 11.7 Å². The van der Waals surface area contributed by atoms with Gasteiger partial charge in [-0.1, -0.05) is 49.6 Å². The molecule has 1 aliphatic carbocycles. The number of aliphatic hydroxyl groups is 1. The number of para-hydroxylation sites is 1. The van der Waals surface area contributed by atoms with Crippen LogP contribution in [0.5, 0.6) is 0 Å². The van der Waals surface area contributed by atoms with Gasteiger partial charge in [0.15, 0.2) is 0 Å². The number of amides is 3. The number of anilines is 2. The predicted molar refractivity (Wildman–Crippen MR) is 159 cm³/mol. The maximum absolute atomic E-state index is 14.1. The first-order valence-corrected chi connectivity index (χ1v) is 14.2. The third kappa shape index (κ3) is 5.07. The molecule has 2 aliphatic heterocycles. The van der Waals surface area contributed by atoms with E-state index in [4.69, 9.17) is 9.41 Å². The van der Waals surface area contributed by atoms with Crippen molar-refractivity contribution in [2.45, 2.75) is 43.8 Å². The zero-order valence-corrected chi connectivity index (χ0v) is 23.1. The number of hydrogen-bond donors (Lipinski definition) is 4. The van der Waals surface area contributed by atoms with Gasteiger partial charge in [-0.05, 0) is 59.9 Å². The summed E-state index contributed by atoms with van der Waals surface area (Å²) < 4.78 is 5.66. The van der Waals surface area contributed by atoms with E-state index in [0.717, 1.165) is 65.8 Å². The number of carbonyl (C=O) groups excluding carboxylic acids is 2. The van der Waals surface area contributed by atoms with Gasteiger partial charge in [0.2, 0.25) is 5.66 Å². The monoisotopic (exact) mass is 553 g/mol. The number of fused-ring (bicyclic) bond motifs is 1. The maximum Gasteiger partial charge on any atom is 0.321 e. The number of aliphatic imine (C=N–C) groups is 1. The molecule has 41 heavy (non-hydrogen) atoms. The number of likely N-dealkylation sites (N-methyl/N-ethyl adjacent to an activating group) is 1. The van der Waals surface area contributed by atoms with Crippen LogP contribution >= 0.6 is 0 Å². The summed E-state index contributed by atoms with van der Waals surface area (Å²) in [5.74, 6) is 0.388. The first kappa shape index (κ1) is 27.0. The van der Waals surface area contributed by atoms with Gasteiger partial charge in [0.05, 0.1) is 24.6 Å². The summed E-state index contributed by atoms with van der Waals surface area (Å²) in [5.41, 5.74) is 3.40. The number of benzene rings is 2. The molecule has 212 valence electrons. The Kier molecular flexibility index (Phi) is 7.47. The van der Waals surface area contributed by atoms with Gasteiger partial charge in [0.1, 0.15) is 5.76 Å². The van der Waals surface area contributed by atoms with Crippen molar-refractivity contribution < 1.29 is 19.1 Å². The van der Waals surface area contributed by atoms with Crippen LogP contribution in [0.3, 0.4) is 0 Å². The van der Waals surface area contributed by atoms with E-state index in [9.17, 15) is 14.7 Å². The molecule has 0 radical (unpaired) electrons. The van der Waals surface area contributed by atoms with Crippen LogP contribution in [0.2, 0.25) is 0 Å². The lowest BCUT2D eigenvalue weighted by Crippen LogP contribution is -2.63. The van der Waals surface area contributed by atoms with E-state index >= 15 is 0 Å². The van der Waals surface area contributed by atoms with Gasteiger partial charge in [-0.2, -0.15) is 0 Å². The van der Waals surface area contributed by atoms with Gasteiger partial charge in [-0.25, -0.2) is 4.79 Å². The lowest BCUT2D eigenvalue weighted by molar-refractivity contribution is -0.126. The van der Waals surface area contributed by atoms with Crippen LogP contribution in [0.25, 0.3) is 5.57 Å². The third-order valence-corrected chi connectivity index (χ3v) is 8.48. The van der Waals surface area contributed by atoms with Crippen molar-refractivity contribution in [2.24, 2.45) is 10.9 Å². The number of furan rings is 1. The van der Waals surface area contributed by atoms with E-state index in [-0.39, 0.29) is 24.5 Å². The van der Waals surface area contributed by atoms with Crippen LogP contribution in [0, 0.1) is 5.92 Å². The Labute approximate surface area is 239 Å². The standard InChI is InChI=1S/C32H35N5O4/c1-37-26-14-6-5-9-22(26)19-34-32(30(37)39,24-11-3-2-4-12-24)36-31(40)35-25-13-7-10-21(17-25)28-23(20-38)18-33-29(28)27-15-8-16-41-27/h5-10,13-17,19,24,29,33,38H,2-4,11-12,18,20H2,1H3,(H2,35,36,40). The SMILES string of the molecule is CN1C(=O)C(NC(=O)Nc2cccc(C3=C(CO)CNC3c3ccco3)c2)(C2CCCCC2)N=Cc2ccccc21. The van der Waals surface area contributed by atoms with Gasteiger partial charge in [-0.15, -0.1) is 0 Å². The Morgan fingerprint density at radius 1 is 1.12 bits per heavy atom. The van der Waals surface area contributed by atoms with Gasteiger partial charge >= 0.3 is 6.03 Å². The molecule has 0 bridgehead atoms. The molecule has 3 aromatic rings. The van der Waals surface area contributed by atoms with Crippen molar-refractivity contribution in [1.29, 1.82) is 0 Å². The Hall–Kier alpha value is -4.21. The fraction of sp³-hybridized carbons (Fsp3) is 0.344. The van der Waals surface area contributed by atoms with Crippen LogP contribution in [-0.4, -0.2) is 49.1 Å². The van der Waals surface area contributed by atoms with E-state index in [2.05, 4.69) is 16.0 Å². The van der Waals surface area contributed by atoms with Gasteiger partial charge in [0.25, 0.3) is 5.91 Å². The second-order valence-electron chi connectivity index (χ2n) is 10.9. The normalized spacial score (nSPS) is 22.9. The van der Waals surface area contributed by atoms with Gasteiger partial charge in [-0.3, -0.25) is 15.1 Å². The number of hydrogen-bond acceptors (Lipinski definition) is 6. The van der Waals surface area contributed by atoms with Crippen molar-refractivity contribution in [1.82, 2.24) is 10.6 Å². The van der Waals surface area contributed by atoms with Crippen molar-refractivity contribution >= 4 is 35.1 Å². The fourth-order valence-electron chi connectivity index (χ4n) is 6.42. The minimum Gasteiger partial charge on any atom is -0.467 e. The number of nitrogens with one attached hydrogen (secondary N) is 3. The number of urea groups is 1. The van der Waals surface area contributed by atoms with Crippen molar-refractivity contribution in [3.63, 3.8) is 0 Å². The minimum absolute atomic E-state index is 0.0857. The lowest BCUT2D eigenvalue weighted by atomic mass is 9.79. The number of nitrogens with zero attached hydrogens (tertiary/aromatic N) is 2. The van der Waals surface area contributed by atoms with Crippen molar-refractivity contribution in [3.8, 4) is 0 Å². The molecule has 2 atom stereocenters. The fourth-order valence-corrected chi connectivity index (χ4v) is 6.42. The van der Waals surface area contributed by atoms with Crippen LogP contribution < -0.4 is 20.9 Å². The second kappa shape index (κ2) is 11.3. The van der Waals surface area contributed by atoms with E-state index in [0.29, 0.717) is 12.2 Å². The Bertz CT molecular complexity index is 1490.